The molecule has 0 amide bonds. The number of fused-ring (bicyclic) bond motifs is 1. The number of nitrogens with one attached hydrogen (secondary N) is 1. The van der Waals surface area contributed by atoms with E-state index in [-0.39, 0.29) is 0 Å². The molecule has 0 aromatic rings. The third-order valence-corrected chi connectivity index (χ3v) is 5.51. The standard InChI is InChI=1S/C15H28N2/c1-11-5-6-12(2)15(8-11)17-9-13-4-3-7-16-14(13)10-17/h11-16H,3-10H2,1-2H3. The van der Waals surface area contributed by atoms with Gasteiger partial charge in [0.15, 0.2) is 0 Å². The van der Waals surface area contributed by atoms with Gasteiger partial charge in [-0.1, -0.05) is 20.3 Å². The molecule has 3 aliphatic rings. The molecule has 0 spiro atoms. The van der Waals surface area contributed by atoms with E-state index in [0.717, 1.165) is 29.8 Å². The van der Waals surface area contributed by atoms with Crippen LogP contribution in [0, 0.1) is 17.8 Å². The molecule has 3 fully saturated rings. The molecule has 0 radical (unpaired) electrons. The van der Waals surface area contributed by atoms with E-state index < -0.39 is 0 Å². The molecular formula is C15H28N2. The summed E-state index contributed by atoms with van der Waals surface area (Å²) in [6.45, 7) is 8.88. The van der Waals surface area contributed by atoms with Crippen LogP contribution in [0.25, 0.3) is 0 Å². The van der Waals surface area contributed by atoms with E-state index in [4.69, 9.17) is 0 Å². The van der Waals surface area contributed by atoms with Gasteiger partial charge in [0.1, 0.15) is 0 Å². The van der Waals surface area contributed by atoms with Crippen molar-refractivity contribution in [3.8, 4) is 0 Å². The van der Waals surface area contributed by atoms with Crippen molar-refractivity contribution in [1.29, 1.82) is 0 Å². The van der Waals surface area contributed by atoms with Gasteiger partial charge in [0.05, 0.1) is 0 Å². The molecule has 2 nitrogen and oxygen atoms in total. The lowest BCUT2D eigenvalue weighted by molar-refractivity contribution is 0.108. The second kappa shape index (κ2) is 4.89. The normalized spacial score (nSPS) is 48.0. The Kier molecular flexibility index (Phi) is 3.45. The maximum absolute atomic E-state index is 3.73. The summed E-state index contributed by atoms with van der Waals surface area (Å²) in [5.74, 6) is 2.83. The molecule has 1 N–H and O–H groups in total. The second-order valence-corrected chi connectivity index (χ2v) is 6.88. The minimum atomic E-state index is 0.813. The quantitative estimate of drug-likeness (QED) is 0.752. The van der Waals surface area contributed by atoms with Crippen LogP contribution in [0.1, 0.15) is 46.0 Å². The van der Waals surface area contributed by atoms with Crippen molar-refractivity contribution in [3.05, 3.63) is 0 Å². The maximum Gasteiger partial charge on any atom is 0.0235 e. The number of rotatable bonds is 1. The Bertz CT molecular complexity index is 252. The third kappa shape index (κ3) is 2.39. The van der Waals surface area contributed by atoms with E-state index in [1.807, 2.05) is 0 Å². The van der Waals surface area contributed by atoms with Gasteiger partial charge in [0, 0.05) is 25.2 Å². The first-order chi connectivity index (χ1) is 8.24. The zero-order valence-electron chi connectivity index (χ0n) is 11.5. The minimum Gasteiger partial charge on any atom is -0.312 e. The second-order valence-electron chi connectivity index (χ2n) is 6.88. The highest BCUT2D eigenvalue weighted by Crippen LogP contribution is 2.36. The van der Waals surface area contributed by atoms with Gasteiger partial charge in [-0.3, -0.25) is 4.90 Å². The Morgan fingerprint density at radius 1 is 1.06 bits per heavy atom. The molecule has 0 bridgehead atoms. The van der Waals surface area contributed by atoms with Crippen molar-refractivity contribution in [2.45, 2.75) is 58.0 Å². The highest BCUT2D eigenvalue weighted by Gasteiger charge is 2.39. The number of piperidine rings is 1. The van der Waals surface area contributed by atoms with E-state index >= 15 is 0 Å². The Balaban J connectivity index is 1.64. The fourth-order valence-corrected chi connectivity index (χ4v) is 4.36. The summed E-state index contributed by atoms with van der Waals surface area (Å²) < 4.78 is 0. The van der Waals surface area contributed by atoms with Crippen LogP contribution in [0.15, 0.2) is 0 Å². The van der Waals surface area contributed by atoms with Crippen molar-refractivity contribution in [2.24, 2.45) is 17.8 Å². The van der Waals surface area contributed by atoms with Crippen molar-refractivity contribution < 1.29 is 0 Å². The summed E-state index contributed by atoms with van der Waals surface area (Å²) in [6, 6.07) is 1.69. The van der Waals surface area contributed by atoms with Crippen LogP contribution in [0.3, 0.4) is 0 Å². The summed E-state index contributed by atoms with van der Waals surface area (Å²) in [4.78, 5) is 2.83. The van der Waals surface area contributed by atoms with Crippen molar-refractivity contribution in [3.63, 3.8) is 0 Å². The van der Waals surface area contributed by atoms with Gasteiger partial charge in [-0.15, -0.1) is 0 Å². The summed E-state index contributed by atoms with van der Waals surface area (Å²) in [5.41, 5.74) is 0. The molecule has 2 heterocycles. The smallest absolute Gasteiger partial charge is 0.0235 e. The average Bonchev–Trinajstić information content (AvgIpc) is 2.75. The molecule has 98 valence electrons. The Morgan fingerprint density at radius 3 is 2.76 bits per heavy atom. The van der Waals surface area contributed by atoms with Gasteiger partial charge in [-0.05, 0) is 50.0 Å². The number of likely N-dealkylation sites (tertiary alicyclic amines) is 1. The summed E-state index contributed by atoms with van der Waals surface area (Å²) >= 11 is 0. The van der Waals surface area contributed by atoms with Gasteiger partial charge < -0.3 is 5.32 Å². The molecule has 5 unspecified atom stereocenters. The lowest BCUT2D eigenvalue weighted by Gasteiger charge is -2.39. The number of hydrogen-bond acceptors (Lipinski definition) is 2. The van der Waals surface area contributed by atoms with Gasteiger partial charge in [-0.25, -0.2) is 0 Å². The first kappa shape index (κ1) is 12.0. The Hall–Kier alpha value is -0.0800. The molecule has 5 atom stereocenters. The van der Waals surface area contributed by atoms with Gasteiger partial charge in [0.2, 0.25) is 0 Å². The van der Waals surface area contributed by atoms with E-state index in [2.05, 4.69) is 24.1 Å². The number of hydrogen-bond donors (Lipinski definition) is 1. The van der Waals surface area contributed by atoms with Gasteiger partial charge >= 0.3 is 0 Å². The average molecular weight is 236 g/mol. The lowest BCUT2D eigenvalue weighted by Crippen LogP contribution is -2.44. The highest BCUT2D eigenvalue weighted by atomic mass is 15.2. The fraction of sp³-hybridized carbons (Fsp3) is 1.00. The summed E-state index contributed by atoms with van der Waals surface area (Å²) in [5, 5.41) is 3.73. The molecule has 1 aliphatic carbocycles. The molecule has 2 aliphatic heterocycles. The van der Waals surface area contributed by atoms with Crippen LogP contribution in [0.5, 0.6) is 0 Å². The predicted molar refractivity (Wildman–Crippen MR) is 72.1 cm³/mol. The van der Waals surface area contributed by atoms with Gasteiger partial charge in [0.25, 0.3) is 0 Å². The van der Waals surface area contributed by atoms with Crippen LogP contribution in [0.4, 0.5) is 0 Å². The molecule has 2 saturated heterocycles. The first-order valence-electron chi connectivity index (χ1n) is 7.71. The Morgan fingerprint density at radius 2 is 1.94 bits per heavy atom. The lowest BCUT2D eigenvalue weighted by atomic mass is 9.79. The van der Waals surface area contributed by atoms with Crippen LogP contribution in [-0.2, 0) is 0 Å². The SMILES string of the molecule is CC1CCC(C)C(N2CC3CCCNC3C2)C1. The molecule has 0 aromatic heterocycles. The zero-order chi connectivity index (χ0) is 11.8. The van der Waals surface area contributed by atoms with E-state index in [9.17, 15) is 0 Å². The predicted octanol–water partition coefficient (Wildman–Crippen LogP) is 2.49. The largest absolute Gasteiger partial charge is 0.312 e. The van der Waals surface area contributed by atoms with Crippen LogP contribution < -0.4 is 5.32 Å². The number of nitrogens with zero attached hydrogens (tertiary/aromatic N) is 1. The van der Waals surface area contributed by atoms with Crippen LogP contribution in [-0.4, -0.2) is 36.6 Å². The molecule has 2 heteroatoms. The minimum absolute atomic E-state index is 0.813. The molecule has 1 saturated carbocycles. The van der Waals surface area contributed by atoms with E-state index in [1.54, 1.807) is 0 Å². The van der Waals surface area contributed by atoms with Gasteiger partial charge in [-0.2, -0.15) is 0 Å². The summed E-state index contributed by atoms with van der Waals surface area (Å²) in [7, 11) is 0. The zero-order valence-corrected chi connectivity index (χ0v) is 11.5. The first-order valence-corrected chi connectivity index (χ1v) is 7.71. The van der Waals surface area contributed by atoms with Crippen molar-refractivity contribution in [2.75, 3.05) is 19.6 Å². The molecule has 3 rings (SSSR count). The third-order valence-electron chi connectivity index (χ3n) is 5.51. The molecular weight excluding hydrogens is 208 g/mol. The van der Waals surface area contributed by atoms with Crippen LogP contribution >= 0.6 is 0 Å². The van der Waals surface area contributed by atoms with Crippen LogP contribution in [0.2, 0.25) is 0 Å². The highest BCUT2D eigenvalue weighted by molar-refractivity contribution is 4.96. The molecule has 0 aromatic carbocycles. The molecule has 17 heavy (non-hydrogen) atoms. The monoisotopic (exact) mass is 236 g/mol. The topological polar surface area (TPSA) is 15.3 Å². The maximum atomic E-state index is 3.73. The van der Waals surface area contributed by atoms with E-state index in [0.29, 0.717) is 0 Å². The fourth-order valence-electron chi connectivity index (χ4n) is 4.36. The van der Waals surface area contributed by atoms with Crippen molar-refractivity contribution in [1.82, 2.24) is 10.2 Å². The summed E-state index contributed by atoms with van der Waals surface area (Å²) in [6.07, 6.45) is 7.21. The Labute approximate surface area is 106 Å². The van der Waals surface area contributed by atoms with E-state index in [1.165, 1.54) is 51.7 Å². The van der Waals surface area contributed by atoms with Crippen molar-refractivity contribution >= 4 is 0 Å².